The summed E-state index contributed by atoms with van der Waals surface area (Å²) in [6.07, 6.45) is 4.64. The van der Waals surface area contributed by atoms with Gasteiger partial charge in [0.1, 0.15) is 0 Å². The quantitative estimate of drug-likeness (QED) is 0.557. The number of carbonyl (C=O) groups excluding carboxylic acids is 2. The summed E-state index contributed by atoms with van der Waals surface area (Å²) in [4.78, 5) is 24.6. The van der Waals surface area contributed by atoms with E-state index in [4.69, 9.17) is 0 Å². The molecule has 0 aromatic heterocycles. The van der Waals surface area contributed by atoms with Gasteiger partial charge in [0.05, 0.1) is 11.1 Å². The fourth-order valence-electron chi connectivity index (χ4n) is 3.36. The lowest BCUT2D eigenvalue weighted by Crippen LogP contribution is -2.37. The molecule has 3 aliphatic rings. The lowest BCUT2D eigenvalue weighted by atomic mass is 10.0. The number of hydrazine groups is 1. The van der Waals surface area contributed by atoms with Crippen LogP contribution in [0.3, 0.4) is 0 Å². The maximum Gasteiger partial charge on any atom is 0.276 e. The third-order valence-corrected chi connectivity index (χ3v) is 4.29. The Morgan fingerprint density at radius 3 is 1.89 bits per heavy atom. The number of imide groups is 1. The van der Waals surface area contributed by atoms with E-state index in [2.05, 4.69) is 0 Å². The molecule has 2 amide bonds. The molecule has 1 saturated heterocycles. The predicted molar refractivity (Wildman–Crippen MR) is 64.8 cm³/mol. The number of carbonyl (C=O) groups is 2. The monoisotopic (exact) mass is 242 g/mol. The van der Waals surface area contributed by atoms with Crippen molar-refractivity contribution in [3.63, 3.8) is 0 Å². The van der Waals surface area contributed by atoms with Crippen LogP contribution in [0.15, 0.2) is 24.3 Å². The minimum atomic E-state index is -0.148. The van der Waals surface area contributed by atoms with Gasteiger partial charge in [-0.1, -0.05) is 25.0 Å². The van der Waals surface area contributed by atoms with E-state index in [9.17, 15) is 9.59 Å². The van der Waals surface area contributed by atoms with Gasteiger partial charge in [-0.05, 0) is 25.0 Å². The minimum Gasteiger partial charge on any atom is -0.267 e. The topological polar surface area (TPSA) is 40.4 Å². The molecule has 4 rings (SSSR count). The summed E-state index contributed by atoms with van der Waals surface area (Å²) in [5, 5.41) is 3.38. The van der Waals surface area contributed by atoms with Crippen LogP contribution < -0.4 is 0 Å². The van der Waals surface area contributed by atoms with Crippen molar-refractivity contribution in [2.45, 2.75) is 37.8 Å². The Hall–Kier alpha value is -1.68. The molecule has 0 bridgehead atoms. The van der Waals surface area contributed by atoms with Gasteiger partial charge in [-0.15, -0.1) is 0 Å². The van der Waals surface area contributed by atoms with E-state index in [0.717, 1.165) is 12.8 Å². The van der Waals surface area contributed by atoms with Crippen LogP contribution in [-0.4, -0.2) is 33.9 Å². The van der Waals surface area contributed by atoms with Crippen LogP contribution in [0.1, 0.15) is 46.4 Å². The van der Waals surface area contributed by atoms with Gasteiger partial charge in [0.15, 0.2) is 0 Å². The van der Waals surface area contributed by atoms with E-state index in [1.807, 2.05) is 17.1 Å². The molecule has 0 spiro atoms. The van der Waals surface area contributed by atoms with Crippen molar-refractivity contribution in [1.82, 2.24) is 10.0 Å². The molecule has 1 aromatic carbocycles. The third kappa shape index (κ3) is 1.18. The van der Waals surface area contributed by atoms with Gasteiger partial charge in [-0.3, -0.25) is 9.59 Å². The van der Waals surface area contributed by atoms with Gasteiger partial charge in [-0.2, -0.15) is 0 Å². The number of rotatable bonds is 1. The molecule has 0 radical (unpaired) electrons. The van der Waals surface area contributed by atoms with Gasteiger partial charge < -0.3 is 0 Å². The minimum absolute atomic E-state index is 0.148. The predicted octanol–water partition coefficient (Wildman–Crippen LogP) is 1.82. The molecule has 4 nitrogen and oxygen atoms in total. The second-order valence-corrected chi connectivity index (χ2v) is 5.27. The van der Waals surface area contributed by atoms with Crippen molar-refractivity contribution in [2.24, 2.45) is 0 Å². The van der Waals surface area contributed by atoms with Crippen LogP contribution in [0.2, 0.25) is 0 Å². The number of amides is 2. The molecule has 2 aliphatic heterocycles. The maximum absolute atomic E-state index is 12.3. The van der Waals surface area contributed by atoms with Crippen LogP contribution in [0.4, 0.5) is 0 Å². The molecule has 1 aromatic rings. The van der Waals surface area contributed by atoms with Crippen molar-refractivity contribution < 1.29 is 9.59 Å². The normalized spacial score (nSPS) is 33.3. The number of benzene rings is 1. The summed E-state index contributed by atoms with van der Waals surface area (Å²) >= 11 is 0. The molecule has 92 valence electrons. The zero-order chi connectivity index (χ0) is 12.3. The highest BCUT2D eigenvalue weighted by Gasteiger charge is 2.57. The Morgan fingerprint density at radius 2 is 1.39 bits per heavy atom. The first-order valence-corrected chi connectivity index (χ1v) is 6.55. The lowest BCUT2D eigenvalue weighted by Gasteiger charge is -2.15. The first-order valence-electron chi connectivity index (χ1n) is 6.55. The molecule has 1 aliphatic carbocycles. The van der Waals surface area contributed by atoms with E-state index in [1.165, 1.54) is 17.9 Å². The number of hydrogen-bond donors (Lipinski definition) is 0. The van der Waals surface area contributed by atoms with Crippen molar-refractivity contribution in [3.05, 3.63) is 35.4 Å². The Morgan fingerprint density at radius 1 is 0.889 bits per heavy atom. The smallest absolute Gasteiger partial charge is 0.267 e. The fraction of sp³-hybridized carbons (Fsp3) is 0.429. The summed E-state index contributed by atoms with van der Waals surface area (Å²) in [5.41, 5.74) is 1.09. The Kier molecular flexibility index (Phi) is 1.95. The molecular formula is C14H14N2O2. The highest BCUT2D eigenvalue weighted by molar-refractivity contribution is 6.21. The molecule has 3 atom stereocenters. The Labute approximate surface area is 105 Å². The number of fused-ring (bicyclic) bond motifs is 2. The summed E-state index contributed by atoms with van der Waals surface area (Å²) in [6.45, 7) is 0. The molecule has 2 heterocycles. The van der Waals surface area contributed by atoms with Gasteiger partial charge in [-0.25, -0.2) is 10.0 Å². The Balaban J connectivity index is 1.69. The number of hydrogen-bond acceptors (Lipinski definition) is 3. The lowest BCUT2D eigenvalue weighted by molar-refractivity contribution is 0.0343. The third-order valence-electron chi connectivity index (χ3n) is 4.29. The van der Waals surface area contributed by atoms with E-state index in [0.29, 0.717) is 23.2 Å². The van der Waals surface area contributed by atoms with Crippen LogP contribution in [-0.2, 0) is 0 Å². The molecule has 4 heteroatoms. The van der Waals surface area contributed by atoms with Gasteiger partial charge in [0.2, 0.25) is 0 Å². The van der Waals surface area contributed by atoms with E-state index in [-0.39, 0.29) is 11.8 Å². The molecule has 0 N–H and O–H groups in total. The maximum atomic E-state index is 12.3. The van der Waals surface area contributed by atoms with Crippen LogP contribution in [0, 0.1) is 0 Å². The molecule has 2 fully saturated rings. The van der Waals surface area contributed by atoms with Crippen LogP contribution in [0.25, 0.3) is 0 Å². The van der Waals surface area contributed by atoms with E-state index >= 15 is 0 Å². The average molecular weight is 242 g/mol. The first kappa shape index (κ1) is 10.3. The highest BCUT2D eigenvalue weighted by Crippen LogP contribution is 2.44. The summed E-state index contributed by atoms with van der Waals surface area (Å²) < 4.78 is 0. The van der Waals surface area contributed by atoms with Gasteiger partial charge >= 0.3 is 0 Å². The van der Waals surface area contributed by atoms with E-state index in [1.54, 1.807) is 12.1 Å². The highest BCUT2D eigenvalue weighted by atomic mass is 16.2. The summed E-state index contributed by atoms with van der Waals surface area (Å²) in [7, 11) is 0. The van der Waals surface area contributed by atoms with Crippen molar-refractivity contribution in [1.29, 1.82) is 0 Å². The standard InChI is InChI=1S/C14H14N2O2/c17-13-9-5-1-2-6-10(9)14(18)16(13)15-11-7-3-4-8-12(11)15/h1-2,5-6,11-12H,3-4,7-8H2/t11-,12+,15?. The number of nitrogens with zero attached hydrogens (tertiary/aromatic N) is 2. The van der Waals surface area contributed by atoms with Gasteiger partial charge in [0.25, 0.3) is 11.8 Å². The molecule has 1 saturated carbocycles. The summed E-state index contributed by atoms with van der Waals surface area (Å²) in [6, 6.07) is 7.93. The Bertz CT molecular complexity index is 507. The van der Waals surface area contributed by atoms with Crippen molar-refractivity contribution in [2.75, 3.05) is 0 Å². The van der Waals surface area contributed by atoms with Crippen LogP contribution in [0.5, 0.6) is 0 Å². The molecular weight excluding hydrogens is 228 g/mol. The molecule has 18 heavy (non-hydrogen) atoms. The first-order chi connectivity index (χ1) is 8.79. The van der Waals surface area contributed by atoms with E-state index < -0.39 is 0 Å². The molecule has 1 unspecified atom stereocenters. The fourth-order valence-corrected chi connectivity index (χ4v) is 3.36. The average Bonchev–Trinajstić information content (AvgIpc) is 3.07. The largest absolute Gasteiger partial charge is 0.276 e. The second kappa shape index (κ2) is 3.42. The van der Waals surface area contributed by atoms with Crippen LogP contribution >= 0.6 is 0 Å². The second-order valence-electron chi connectivity index (χ2n) is 5.27. The van der Waals surface area contributed by atoms with Crippen molar-refractivity contribution in [3.8, 4) is 0 Å². The zero-order valence-electron chi connectivity index (χ0n) is 10.0. The zero-order valence-corrected chi connectivity index (χ0v) is 10.0. The van der Waals surface area contributed by atoms with Gasteiger partial charge in [0, 0.05) is 12.1 Å². The van der Waals surface area contributed by atoms with Crippen molar-refractivity contribution >= 4 is 11.8 Å². The summed E-state index contributed by atoms with van der Waals surface area (Å²) in [5.74, 6) is -0.296. The SMILES string of the molecule is O=C1c2ccccc2C(=O)N1N1[C@@H]2CCCC[C@@H]21.